The molecule has 7 nitrogen and oxygen atoms in total. The molecular weight excluding hydrogens is 490 g/mol. The van der Waals surface area contributed by atoms with E-state index in [9.17, 15) is 13.2 Å². The van der Waals surface area contributed by atoms with Crippen LogP contribution in [0.1, 0.15) is 27.2 Å². The average molecular weight is 513 g/mol. The van der Waals surface area contributed by atoms with Gasteiger partial charge in [0.1, 0.15) is 6.61 Å². The van der Waals surface area contributed by atoms with E-state index in [1.54, 1.807) is 18.2 Å². The van der Waals surface area contributed by atoms with Crippen LogP contribution in [-0.4, -0.2) is 45.3 Å². The highest BCUT2D eigenvalue weighted by molar-refractivity contribution is 9.11. The lowest BCUT2D eigenvalue weighted by Gasteiger charge is -2.21. The lowest BCUT2D eigenvalue weighted by Crippen LogP contribution is -2.42. The summed E-state index contributed by atoms with van der Waals surface area (Å²) < 4.78 is 34.3. The van der Waals surface area contributed by atoms with E-state index in [2.05, 4.69) is 47.2 Å². The molecule has 1 aliphatic rings. The Balaban J connectivity index is 1.89. The van der Waals surface area contributed by atoms with Gasteiger partial charge < -0.3 is 15.4 Å². The van der Waals surface area contributed by atoms with Crippen molar-refractivity contribution in [1.82, 2.24) is 15.4 Å². The third-order valence-electron chi connectivity index (χ3n) is 3.62. The van der Waals surface area contributed by atoms with Gasteiger partial charge in [0.05, 0.1) is 4.90 Å². The molecule has 0 saturated carbocycles. The van der Waals surface area contributed by atoms with Crippen LogP contribution in [0.2, 0.25) is 0 Å². The minimum absolute atomic E-state index is 0.0978. The molecule has 0 aliphatic carbocycles. The van der Waals surface area contributed by atoms with E-state index in [1.165, 1.54) is 0 Å². The molecule has 0 spiro atoms. The van der Waals surface area contributed by atoms with Crippen LogP contribution in [0.4, 0.5) is 4.79 Å². The van der Waals surface area contributed by atoms with Gasteiger partial charge in [0, 0.05) is 33.1 Å². The minimum atomic E-state index is -3.66. The molecule has 2 rings (SSSR count). The van der Waals surface area contributed by atoms with Crippen LogP contribution in [0.15, 0.2) is 32.0 Å². The number of nitrogens with one attached hydrogen (secondary N) is 3. The van der Waals surface area contributed by atoms with Gasteiger partial charge >= 0.3 is 6.09 Å². The highest BCUT2D eigenvalue weighted by Crippen LogP contribution is 2.26. The summed E-state index contributed by atoms with van der Waals surface area (Å²) >= 11 is 6.56. The molecule has 2 atom stereocenters. The lowest BCUT2D eigenvalue weighted by molar-refractivity contribution is 0.128. The Morgan fingerprint density at radius 3 is 2.69 bits per heavy atom. The van der Waals surface area contributed by atoms with Gasteiger partial charge in [-0.05, 0) is 61.3 Å². The number of benzene rings is 1. The van der Waals surface area contributed by atoms with E-state index in [0.29, 0.717) is 21.9 Å². The topological polar surface area (TPSA) is 96.5 Å². The third kappa shape index (κ3) is 6.49. The fourth-order valence-corrected chi connectivity index (χ4v) is 5.27. The van der Waals surface area contributed by atoms with Crippen LogP contribution in [0.25, 0.3) is 0 Å². The molecular formula is C16H23Br2N3O4S. The predicted octanol–water partition coefficient (Wildman–Crippen LogP) is 2.75. The minimum Gasteiger partial charge on any atom is -0.448 e. The van der Waals surface area contributed by atoms with Crippen LogP contribution < -0.4 is 15.4 Å². The molecule has 1 aromatic rings. The van der Waals surface area contributed by atoms with Gasteiger partial charge in [0.2, 0.25) is 10.0 Å². The normalized spacial score (nSPS) is 20.8. The Bertz CT molecular complexity index is 765. The smallest absolute Gasteiger partial charge is 0.407 e. The fraction of sp³-hybridized carbons (Fsp3) is 0.562. The van der Waals surface area contributed by atoms with Crippen molar-refractivity contribution >= 4 is 48.0 Å². The van der Waals surface area contributed by atoms with Gasteiger partial charge in [0.15, 0.2) is 0 Å². The number of alkyl carbamates (subject to hydrolysis) is 1. The van der Waals surface area contributed by atoms with Crippen molar-refractivity contribution in [1.29, 1.82) is 0 Å². The maximum absolute atomic E-state index is 12.6. The van der Waals surface area contributed by atoms with Crippen molar-refractivity contribution < 1.29 is 17.9 Å². The number of sulfonamides is 1. The van der Waals surface area contributed by atoms with E-state index >= 15 is 0 Å². The number of hydrogen-bond donors (Lipinski definition) is 3. The highest BCUT2D eigenvalue weighted by Gasteiger charge is 2.30. The summed E-state index contributed by atoms with van der Waals surface area (Å²) in [4.78, 5) is 11.9. The van der Waals surface area contributed by atoms with Gasteiger partial charge in [-0.1, -0.05) is 15.9 Å². The number of rotatable bonds is 5. The number of amides is 1. The van der Waals surface area contributed by atoms with Gasteiger partial charge in [-0.3, -0.25) is 0 Å². The predicted molar refractivity (Wildman–Crippen MR) is 107 cm³/mol. The number of carbonyl (C=O) groups excluding carboxylic acids is 1. The molecule has 1 amide bonds. The van der Waals surface area contributed by atoms with Crippen molar-refractivity contribution in [2.45, 2.75) is 49.7 Å². The van der Waals surface area contributed by atoms with Gasteiger partial charge in [-0.25, -0.2) is 17.9 Å². The summed E-state index contributed by atoms with van der Waals surface area (Å²) in [5.74, 6) is 0. The van der Waals surface area contributed by atoms with E-state index in [-0.39, 0.29) is 29.1 Å². The second kappa shape index (κ2) is 8.55. The first-order valence-electron chi connectivity index (χ1n) is 8.12. The van der Waals surface area contributed by atoms with Crippen molar-refractivity contribution in [3.05, 3.63) is 27.1 Å². The van der Waals surface area contributed by atoms with Crippen LogP contribution in [0.3, 0.4) is 0 Å². The molecule has 1 aromatic carbocycles. The summed E-state index contributed by atoms with van der Waals surface area (Å²) in [5.41, 5.74) is -0.365. The Hall–Kier alpha value is -0.680. The molecule has 146 valence electrons. The second-order valence-corrected chi connectivity index (χ2v) is 10.7. The summed E-state index contributed by atoms with van der Waals surface area (Å²) in [6.07, 6.45) is 0.0505. The second-order valence-electron chi connectivity index (χ2n) is 7.21. The zero-order valence-electron chi connectivity index (χ0n) is 14.8. The maximum atomic E-state index is 12.6. The van der Waals surface area contributed by atoms with Gasteiger partial charge in [0.25, 0.3) is 0 Å². The first-order valence-corrected chi connectivity index (χ1v) is 11.2. The van der Waals surface area contributed by atoms with Crippen LogP contribution in [0, 0.1) is 0 Å². The number of carbonyl (C=O) groups is 1. The largest absolute Gasteiger partial charge is 0.448 e. The van der Waals surface area contributed by atoms with Crippen molar-refractivity contribution in [3.8, 4) is 0 Å². The Labute approximate surface area is 170 Å². The maximum Gasteiger partial charge on any atom is 0.407 e. The molecule has 10 heteroatoms. The molecule has 1 fully saturated rings. The standard InChI is InChI=1S/C16H23Br2N3O4S/c1-16(2,3)20-15(22)25-9-12-7-11(8-19-12)21-26(23,24)14-6-10(17)4-5-13(14)18/h4-6,11-12,19,21H,7-9H2,1-3H3,(H,20,22)/t11-,12-/m1/s1. The third-order valence-corrected chi connectivity index (χ3v) is 6.63. The van der Waals surface area contributed by atoms with Crippen molar-refractivity contribution in [2.75, 3.05) is 13.2 Å². The molecule has 0 bridgehead atoms. The Morgan fingerprint density at radius 2 is 2.04 bits per heavy atom. The first-order chi connectivity index (χ1) is 12.0. The van der Waals surface area contributed by atoms with Crippen LogP contribution in [-0.2, 0) is 14.8 Å². The molecule has 1 heterocycles. The number of halogens is 2. The summed E-state index contributed by atoms with van der Waals surface area (Å²) in [7, 11) is -3.66. The molecule has 0 unspecified atom stereocenters. The van der Waals surface area contributed by atoms with Crippen LogP contribution in [0.5, 0.6) is 0 Å². The van der Waals surface area contributed by atoms with Gasteiger partial charge in [-0.15, -0.1) is 0 Å². The quantitative estimate of drug-likeness (QED) is 0.563. The average Bonchev–Trinajstić information content (AvgIpc) is 2.92. The van der Waals surface area contributed by atoms with Gasteiger partial charge in [-0.2, -0.15) is 0 Å². The van der Waals surface area contributed by atoms with E-state index in [0.717, 1.165) is 0 Å². The summed E-state index contributed by atoms with van der Waals surface area (Å²) in [5, 5.41) is 5.89. The zero-order chi connectivity index (χ0) is 19.5. The van der Waals surface area contributed by atoms with E-state index in [4.69, 9.17) is 4.74 Å². The molecule has 1 saturated heterocycles. The molecule has 26 heavy (non-hydrogen) atoms. The summed E-state index contributed by atoms with van der Waals surface area (Å²) in [6.45, 7) is 6.26. The van der Waals surface area contributed by atoms with Crippen molar-refractivity contribution in [3.63, 3.8) is 0 Å². The fourth-order valence-electron chi connectivity index (χ4n) is 2.52. The first kappa shape index (κ1) is 21.6. The van der Waals surface area contributed by atoms with Crippen LogP contribution >= 0.6 is 31.9 Å². The SMILES string of the molecule is CC(C)(C)NC(=O)OC[C@H]1C[C@@H](NS(=O)(=O)c2cc(Br)ccc2Br)CN1. The lowest BCUT2D eigenvalue weighted by atomic mass is 10.1. The molecule has 0 aromatic heterocycles. The number of hydrogen-bond acceptors (Lipinski definition) is 5. The zero-order valence-corrected chi connectivity index (χ0v) is 18.8. The number of ether oxygens (including phenoxy) is 1. The van der Waals surface area contributed by atoms with E-state index in [1.807, 2.05) is 20.8 Å². The Kier molecular flexibility index (Phi) is 7.11. The Morgan fingerprint density at radius 1 is 1.35 bits per heavy atom. The van der Waals surface area contributed by atoms with E-state index < -0.39 is 16.1 Å². The molecule has 0 radical (unpaired) electrons. The molecule has 1 aliphatic heterocycles. The summed E-state index contributed by atoms with van der Waals surface area (Å²) in [6, 6.07) is 4.61. The monoisotopic (exact) mass is 511 g/mol. The highest BCUT2D eigenvalue weighted by atomic mass is 79.9. The molecule has 3 N–H and O–H groups in total. The van der Waals surface area contributed by atoms with Crippen molar-refractivity contribution in [2.24, 2.45) is 0 Å².